The summed E-state index contributed by atoms with van der Waals surface area (Å²) in [7, 11) is 0. The van der Waals surface area contributed by atoms with Crippen LogP contribution in [0.15, 0.2) is 21.9 Å². The van der Waals surface area contributed by atoms with Gasteiger partial charge in [-0.05, 0) is 18.8 Å². The van der Waals surface area contributed by atoms with Gasteiger partial charge in [-0.3, -0.25) is 4.79 Å². The zero-order chi connectivity index (χ0) is 13.2. The summed E-state index contributed by atoms with van der Waals surface area (Å²) in [6.45, 7) is 0.922. The molecule has 2 aromatic rings. The van der Waals surface area contributed by atoms with Gasteiger partial charge in [-0.15, -0.1) is 0 Å². The van der Waals surface area contributed by atoms with Gasteiger partial charge in [0.05, 0.1) is 17.8 Å². The van der Waals surface area contributed by atoms with E-state index in [1.807, 2.05) is 0 Å². The highest BCUT2D eigenvalue weighted by Crippen LogP contribution is 2.30. The minimum absolute atomic E-state index is 0.220. The third-order valence-corrected chi connectivity index (χ3v) is 3.24. The maximum Gasteiger partial charge on any atom is 0.291 e. The van der Waals surface area contributed by atoms with Crippen LogP contribution in [0.4, 0.5) is 5.69 Å². The Morgan fingerprint density at radius 2 is 2.37 bits per heavy atom. The molecule has 19 heavy (non-hydrogen) atoms. The number of rotatable bonds is 5. The van der Waals surface area contributed by atoms with Gasteiger partial charge >= 0.3 is 0 Å². The van der Waals surface area contributed by atoms with Crippen molar-refractivity contribution >= 4 is 17.3 Å². The average molecular weight is 282 g/mol. The number of hydrogen-bond acceptors (Lipinski definition) is 6. The molecule has 1 aliphatic rings. The van der Waals surface area contributed by atoms with Crippen molar-refractivity contribution in [3.63, 3.8) is 0 Å². The summed E-state index contributed by atoms with van der Waals surface area (Å²) in [6.07, 6.45) is 5.02. The predicted molar refractivity (Wildman–Crippen MR) is 67.9 cm³/mol. The monoisotopic (exact) mass is 281 g/mol. The zero-order valence-electron chi connectivity index (χ0n) is 10.0. The normalized spacial score (nSPS) is 14.6. The number of hydrogen-bond donors (Lipinski definition) is 1. The van der Waals surface area contributed by atoms with Gasteiger partial charge in [-0.25, -0.2) is 4.68 Å². The van der Waals surface area contributed by atoms with E-state index in [0.717, 1.165) is 12.8 Å². The lowest BCUT2D eigenvalue weighted by Crippen LogP contribution is -2.26. The van der Waals surface area contributed by atoms with Crippen molar-refractivity contribution in [2.24, 2.45) is 5.92 Å². The van der Waals surface area contributed by atoms with E-state index in [0.29, 0.717) is 29.0 Å². The third kappa shape index (κ3) is 2.76. The Hall–Kier alpha value is -1.89. The van der Waals surface area contributed by atoms with E-state index >= 15 is 0 Å². The molecule has 1 N–H and O–H groups in total. The standard InChI is InChI=1S/C11H12ClN5O2/c12-8-3-15-17(5-7-1-2-7)11(18)10(8)13-4-9-14-6-19-16-9/h3,6-7,13H,1-2,4-5H2. The molecule has 2 heterocycles. The second-order valence-electron chi connectivity index (χ2n) is 4.50. The first-order valence-corrected chi connectivity index (χ1v) is 6.36. The highest BCUT2D eigenvalue weighted by Gasteiger charge is 2.23. The van der Waals surface area contributed by atoms with E-state index in [1.54, 1.807) is 0 Å². The maximum atomic E-state index is 12.2. The molecule has 0 saturated heterocycles. The molecule has 8 heteroatoms. The van der Waals surface area contributed by atoms with E-state index in [9.17, 15) is 4.79 Å². The van der Waals surface area contributed by atoms with Crippen molar-refractivity contribution in [3.05, 3.63) is 33.8 Å². The number of aromatic nitrogens is 4. The van der Waals surface area contributed by atoms with Crippen LogP contribution in [0, 0.1) is 5.92 Å². The minimum Gasteiger partial charge on any atom is -0.372 e. The fraction of sp³-hybridized carbons (Fsp3) is 0.455. The molecule has 0 radical (unpaired) electrons. The fourth-order valence-electron chi connectivity index (χ4n) is 1.74. The smallest absolute Gasteiger partial charge is 0.291 e. The number of anilines is 1. The molecule has 0 aliphatic heterocycles. The molecule has 0 bridgehead atoms. The van der Waals surface area contributed by atoms with Crippen LogP contribution in [-0.2, 0) is 13.1 Å². The molecule has 3 rings (SSSR count). The van der Waals surface area contributed by atoms with Gasteiger partial charge < -0.3 is 9.84 Å². The van der Waals surface area contributed by atoms with E-state index in [4.69, 9.17) is 11.6 Å². The first-order valence-electron chi connectivity index (χ1n) is 5.99. The maximum absolute atomic E-state index is 12.2. The first kappa shape index (κ1) is 12.2. The van der Waals surface area contributed by atoms with Crippen LogP contribution < -0.4 is 10.9 Å². The Labute approximate surface area is 113 Å². The predicted octanol–water partition coefficient (Wildman–Crippen LogP) is 1.30. The summed E-state index contributed by atoms with van der Waals surface area (Å²) in [6, 6.07) is 0. The lowest BCUT2D eigenvalue weighted by molar-refractivity contribution is 0.411. The van der Waals surface area contributed by atoms with Crippen LogP contribution in [-0.4, -0.2) is 19.9 Å². The van der Waals surface area contributed by atoms with Gasteiger partial charge in [-0.1, -0.05) is 16.8 Å². The Morgan fingerprint density at radius 1 is 1.53 bits per heavy atom. The Morgan fingerprint density at radius 3 is 3.05 bits per heavy atom. The van der Waals surface area contributed by atoms with Crippen LogP contribution in [0.25, 0.3) is 0 Å². The molecule has 2 aromatic heterocycles. The summed E-state index contributed by atoms with van der Waals surface area (Å²) in [5.74, 6) is 1.03. The summed E-state index contributed by atoms with van der Waals surface area (Å²) in [5.41, 5.74) is 0.102. The van der Waals surface area contributed by atoms with Gasteiger partial charge in [0.15, 0.2) is 5.82 Å². The van der Waals surface area contributed by atoms with Gasteiger partial charge in [0.1, 0.15) is 5.69 Å². The van der Waals surface area contributed by atoms with Crippen LogP contribution in [0.3, 0.4) is 0 Å². The SMILES string of the molecule is O=c1c(NCc2ncon2)c(Cl)cnn1CC1CC1. The van der Waals surface area contributed by atoms with E-state index in [-0.39, 0.29) is 12.1 Å². The van der Waals surface area contributed by atoms with Crippen LogP contribution >= 0.6 is 11.6 Å². The minimum atomic E-state index is -0.220. The van der Waals surface area contributed by atoms with Crippen LogP contribution in [0.5, 0.6) is 0 Å². The Balaban J connectivity index is 1.80. The third-order valence-electron chi connectivity index (χ3n) is 2.96. The molecule has 0 spiro atoms. The average Bonchev–Trinajstić information content (AvgIpc) is 3.06. The van der Waals surface area contributed by atoms with Crippen molar-refractivity contribution in [1.29, 1.82) is 0 Å². The van der Waals surface area contributed by atoms with Crippen molar-refractivity contribution in [3.8, 4) is 0 Å². The molecular formula is C11H12ClN5O2. The van der Waals surface area contributed by atoms with E-state index < -0.39 is 0 Å². The van der Waals surface area contributed by atoms with Crippen LogP contribution in [0.2, 0.25) is 5.02 Å². The molecule has 0 amide bonds. The molecule has 0 atom stereocenters. The molecule has 100 valence electrons. The highest BCUT2D eigenvalue weighted by molar-refractivity contribution is 6.32. The zero-order valence-corrected chi connectivity index (χ0v) is 10.8. The summed E-state index contributed by atoms with van der Waals surface area (Å²) in [5, 5.41) is 10.9. The lowest BCUT2D eigenvalue weighted by atomic mass is 10.4. The first-order chi connectivity index (χ1) is 9.24. The molecule has 1 saturated carbocycles. The van der Waals surface area contributed by atoms with Gasteiger partial charge in [0, 0.05) is 6.54 Å². The fourth-order valence-corrected chi connectivity index (χ4v) is 1.93. The quantitative estimate of drug-likeness (QED) is 0.889. The van der Waals surface area contributed by atoms with Crippen LogP contribution in [0.1, 0.15) is 18.7 Å². The summed E-state index contributed by atoms with van der Waals surface area (Å²) >= 11 is 5.99. The van der Waals surface area contributed by atoms with Crippen molar-refractivity contribution in [1.82, 2.24) is 19.9 Å². The number of nitrogens with zero attached hydrogens (tertiary/aromatic N) is 4. The second-order valence-corrected chi connectivity index (χ2v) is 4.91. The van der Waals surface area contributed by atoms with Gasteiger partial charge in [0.25, 0.3) is 5.56 Å². The van der Waals surface area contributed by atoms with Crippen molar-refractivity contribution < 1.29 is 4.52 Å². The Bertz CT molecular complexity index is 621. The molecule has 1 fully saturated rings. The summed E-state index contributed by atoms with van der Waals surface area (Å²) < 4.78 is 6.06. The number of nitrogens with one attached hydrogen (secondary N) is 1. The van der Waals surface area contributed by atoms with Gasteiger partial charge in [0.2, 0.25) is 6.39 Å². The topological polar surface area (TPSA) is 85.8 Å². The van der Waals surface area contributed by atoms with E-state index in [2.05, 4.69) is 25.1 Å². The highest BCUT2D eigenvalue weighted by atomic mass is 35.5. The molecule has 1 aliphatic carbocycles. The number of halogens is 1. The summed E-state index contributed by atoms with van der Waals surface area (Å²) in [4.78, 5) is 16.1. The Kier molecular flexibility index (Phi) is 3.20. The lowest BCUT2D eigenvalue weighted by Gasteiger charge is -2.09. The van der Waals surface area contributed by atoms with Gasteiger partial charge in [-0.2, -0.15) is 10.1 Å². The largest absolute Gasteiger partial charge is 0.372 e. The molecule has 0 unspecified atom stereocenters. The molecule has 7 nitrogen and oxygen atoms in total. The van der Waals surface area contributed by atoms with E-state index in [1.165, 1.54) is 17.3 Å². The second kappa shape index (κ2) is 5.00. The molecular weight excluding hydrogens is 270 g/mol. The van der Waals surface area contributed by atoms with Crippen molar-refractivity contribution in [2.75, 3.05) is 5.32 Å². The molecule has 0 aromatic carbocycles. The van der Waals surface area contributed by atoms with Crippen molar-refractivity contribution in [2.45, 2.75) is 25.9 Å².